The van der Waals surface area contributed by atoms with Crippen molar-refractivity contribution in [2.24, 2.45) is 0 Å². The van der Waals surface area contributed by atoms with E-state index >= 15 is 0 Å². The highest BCUT2D eigenvalue weighted by atomic mass is 35.5. The fourth-order valence-electron chi connectivity index (χ4n) is 2.45. The first-order valence-corrected chi connectivity index (χ1v) is 8.02. The predicted octanol–water partition coefficient (Wildman–Crippen LogP) is 3.77. The average Bonchev–Trinajstić information content (AvgIpc) is 2.76. The SMILES string of the molecule is C/C=C/C(=O)NNC(=O)N1Cc2ccccc2Oc2ccc(Cl)cc21. The summed E-state index contributed by atoms with van der Waals surface area (Å²) in [4.78, 5) is 25.6. The highest BCUT2D eigenvalue weighted by molar-refractivity contribution is 6.31. The molecule has 1 aliphatic rings. The molecule has 0 spiro atoms. The van der Waals surface area contributed by atoms with E-state index < -0.39 is 11.9 Å². The van der Waals surface area contributed by atoms with Crippen LogP contribution >= 0.6 is 11.6 Å². The van der Waals surface area contributed by atoms with Crippen LogP contribution in [-0.4, -0.2) is 11.9 Å². The van der Waals surface area contributed by atoms with Gasteiger partial charge < -0.3 is 4.74 Å². The monoisotopic (exact) mass is 357 g/mol. The van der Waals surface area contributed by atoms with Gasteiger partial charge in [-0.2, -0.15) is 0 Å². The predicted molar refractivity (Wildman–Crippen MR) is 95.6 cm³/mol. The molecule has 3 rings (SSSR count). The van der Waals surface area contributed by atoms with Gasteiger partial charge >= 0.3 is 6.03 Å². The summed E-state index contributed by atoms with van der Waals surface area (Å²) in [5.74, 6) is 0.747. The van der Waals surface area contributed by atoms with E-state index in [2.05, 4.69) is 10.9 Å². The van der Waals surface area contributed by atoms with Crippen LogP contribution < -0.4 is 20.5 Å². The molecule has 0 saturated heterocycles. The standard InChI is InChI=1S/C18H16ClN3O3/c1-2-5-17(23)20-21-18(24)22-11-12-6-3-4-7-15(12)25-16-9-8-13(19)10-14(16)22/h2-10H,11H2,1H3,(H,20,23)(H,21,24)/b5-2+. The Morgan fingerprint density at radius 2 is 1.96 bits per heavy atom. The molecule has 128 valence electrons. The second-order valence-electron chi connectivity index (χ2n) is 5.33. The number of anilines is 1. The molecule has 0 aliphatic carbocycles. The number of amides is 3. The minimum Gasteiger partial charge on any atom is -0.455 e. The van der Waals surface area contributed by atoms with Crippen molar-refractivity contribution in [2.45, 2.75) is 13.5 Å². The molecule has 3 amide bonds. The lowest BCUT2D eigenvalue weighted by Crippen LogP contribution is -2.48. The molecule has 7 heteroatoms. The van der Waals surface area contributed by atoms with Crippen LogP contribution in [-0.2, 0) is 11.3 Å². The molecule has 0 fully saturated rings. The Hall–Kier alpha value is -2.99. The smallest absolute Gasteiger partial charge is 0.341 e. The quantitative estimate of drug-likeness (QED) is 0.603. The van der Waals surface area contributed by atoms with E-state index in [1.807, 2.05) is 24.3 Å². The topological polar surface area (TPSA) is 70.7 Å². The number of carbonyl (C=O) groups is 2. The van der Waals surface area contributed by atoms with Crippen LogP contribution in [0.1, 0.15) is 12.5 Å². The Bertz CT molecular complexity index is 851. The van der Waals surface area contributed by atoms with Crippen molar-refractivity contribution in [2.75, 3.05) is 4.90 Å². The summed E-state index contributed by atoms with van der Waals surface area (Å²) < 4.78 is 5.92. The number of nitrogens with zero attached hydrogens (tertiary/aromatic N) is 1. The molecule has 1 heterocycles. The van der Waals surface area contributed by atoms with E-state index in [0.29, 0.717) is 22.2 Å². The zero-order chi connectivity index (χ0) is 17.8. The summed E-state index contributed by atoms with van der Waals surface area (Å²) in [6.07, 6.45) is 2.89. The minimum atomic E-state index is -0.498. The van der Waals surface area contributed by atoms with Crippen LogP contribution in [0.5, 0.6) is 11.5 Å². The number of benzene rings is 2. The number of carbonyl (C=O) groups excluding carboxylic acids is 2. The Morgan fingerprint density at radius 1 is 1.16 bits per heavy atom. The number of allylic oxidation sites excluding steroid dienone is 1. The molecule has 2 aromatic rings. The van der Waals surface area contributed by atoms with Crippen molar-refractivity contribution in [1.29, 1.82) is 0 Å². The first-order valence-electron chi connectivity index (χ1n) is 7.64. The second kappa shape index (κ2) is 7.27. The summed E-state index contributed by atoms with van der Waals surface area (Å²) in [5.41, 5.74) is 6.08. The molecule has 2 N–H and O–H groups in total. The molecule has 1 aliphatic heterocycles. The van der Waals surface area contributed by atoms with Crippen LogP contribution in [0.15, 0.2) is 54.6 Å². The number of halogens is 1. The highest BCUT2D eigenvalue weighted by Gasteiger charge is 2.25. The first kappa shape index (κ1) is 16.9. The van der Waals surface area contributed by atoms with Crippen LogP contribution in [0, 0.1) is 0 Å². The number of nitrogens with one attached hydrogen (secondary N) is 2. The first-order chi connectivity index (χ1) is 12.1. The molecule has 0 unspecified atom stereocenters. The van der Waals surface area contributed by atoms with Gasteiger partial charge in [-0.05, 0) is 31.2 Å². The Balaban J connectivity index is 1.93. The fourth-order valence-corrected chi connectivity index (χ4v) is 2.62. The van der Waals surface area contributed by atoms with E-state index in [0.717, 1.165) is 5.56 Å². The summed E-state index contributed by atoms with van der Waals surface area (Å²) in [5, 5.41) is 0.476. The minimum absolute atomic E-state index is 0.273. The van der Waals surface area contributed by atoms with Gasteiger partial charge in [0.1, 0.15) is 5.75 Å². The maximum Gasteiger partial charge on any atom is 0.341 e. The lowest BCUT2D eigenvalue weighted by Gasteiger charge is -2.22. The van der Waals surface area contributed by atoms with Crippen LogP contribution in [0.4, 0.5) is 10.5 Å². The second-order valence-corrected chi connectivity index (χ2v) is 5.76. The van der Waals surface area contributed by atoms with Crippen LogP contribution in [0.25, 0.3) is 0 Å². The lowest BCUT2D eigenvalue weighted by molar-refractivity contribution is -0.117. The third-order valence-electron chi connectivity index (χ3n) is 3.59. The van der Waals surface area contributed by atoms with Gasteiger partial charge in [0.15, 0.2) is 5.75 Å². The number of rotatable bonds is 1. The number of para-hydroxylation sites is 1. The van der Waals surface area contributed by atoms with E-state index in [4.69, 9.17) is 16.3 Å². The van der Waals surface area contributed by atoms with E-state index in [-0.39, 0.29) is 6.54 Å². The van der Waals surface area contributed by atoms with Gasteiger partial charge in [-0.15, -0.1) is 0 Å². The van der Waals surface area contributed by atoms with Crippen molar-refractivity contribution >= 4 is 29.2 Å². The number of hydrogen-bond acceptors (Lipinski definition) is 3. The Labute approximate surface area is 150 Å². The molecule has 0 atom stereocenters. The summed E-state index contributed by atoms with van der Waals surface area (Å²) >= 11 is 6.09. The molecule has 0 aromatic heterocycles. The van der Waals surface area contributed by atoms with Crippen molar-refractivity contribution in [3.8, 4) is 11.5 Å². The van der Waals surface area contributed by atoms with E-state index in [1.54, 1.807) is 31.2 Å². The molecular formula is C18H16ClN3O3. The third kappa shape index (κ3) is 3.75. The largest absolute Gasteiger partial charge is 0.455 e. The highest BCUT2D eigenvalue weighted by Crippen LogP contribution is 2.40. The van der Waals surface area contributed by atoms with Crippen molar-refractivity contribution in [3.63, 3.8) is 0 Å². The normalized spacial score (nSPS) is 12.6. The fraction of sp³-hybridized carbons (Fsp3) is 0.111. The van der Waals surface area contributed by atoms with Crippen molar-refractivity contribution in [1.82, 2.24) is 10.9 Å². The molecular weight excluding hydrogens is 342 g/mol. The van der Waals surface area contributed by atoms with Gasteiger partial charge in [0.25, 0.3) is 5.91 Å². The maximum absolute atomic E-state index is 12.6. The van der Waals surface area contributed by atoms with E-state index in [9.17, 15) is 9.59 Å². The molecule has 0 saturated carbocycles. The lowest BCUT2D eigenvalue weighted by atomic mass is 10.2. The average molecular weight is 358 g/mol. The van der Waals surface area contributed by atoms with E-state index in [1.165, 1.54) is 11.0 Å². The number of hydrazine groups is 1. The van der Waals surface area contributed by atoms with Gasteiger partial charge in [0.2, 0.25) is 0 Å². The zero-order valence-electron chi connectivity index (χ0n) is 13.5. The zero-order valence-corrected chi connectivity index (χ0v) is 14.2. The Morgan fingerprint density at radius 3 is 2.76 bits per heavy atom. The number of hydrogen-bond donors (Lipinski definition) is 2. The number of ether oxygens (including phenoxy) is 1. The molecule has 25 heavy (non-hydrogen) atoms. The third-order valence-corrected chi connectivity index (χ3v) is 3.82. The van der Waals surface area contributed by atoms with Crippen LogP contribution in [0.3, 0.4) is 0 Å². The molecule has 0 bridgehead atoms. The van der Waals surface area contributed by atoms with Gasteiger partial charge in [-0.25, -0.2) is 10.2 Å². The van der Waals surface area contributed by atoms with Crippen molar-refractivity contribution < 1.29 is 14.3 Å². The van der Waals surface area contributed by atoms with Gasteiger partial charge in [-0.1, -0.05) is 35.9 Å². The maximum atomic E-state index is 12.6. The van der Waals surface area contributed by atoms with Gasteiger partial charge in [0.05, 0.1) is 12.2 Å². The number of urea groups is 1. The summed E-state index contributed by atoms with van der Waals surface area (Å²) in [6, 6.07) is 12.0. The molecule has 0 radical (unpaired) electrons. The van der Waals surface area contributed by atoms with Crippen molar-refractivity contribution in [3.05, 3.63) is 65.2 Å². The van der Waals surface area contributed by atoms with Crippen LogP contribution in [0.2, 0.25) is 5.02 Å². The summed E-state index contributed by atoms with van der Waals surface area (Å²) in [7, 11) is 0. The molecule has 2 aromatic carbocycles. The molecule has 6 nitrogen and oxygen atoms in total. The van der Waals surface area contributed by atoms with Gasteiger partial charge in [0, 0.05) is 16.7 Å². The number of fused-ring (bicyclic) bond motifs is 2. The summed E-state index contributed by atoms with van der Waals surface area (Å²) in [6.45, 7) is 1.98. The van der Waals surface area contributed by atoms with Gasteiger partial charge in [-0.3, -0.25) is 15.1 Å². The Kier molecular flexibility index (Phi) is 4.90.